The van der Waals surface area contributed by atoms with Crippen LogP contribution in [0, 0.1) is 0 Å². The van der Waals surface area contributed by atoms with Crippen molar-refractivity contribution in [3.05, 3.63) is 29.0 Å². The van der Waals surface area contributed by atoms with Crippen molar-refractivity contribution in [1.29, 1.82) is 0 Å². The molecule has 0 saturated carbocycles. The van der Waals surface area contributed by atoms with Gasteiger partial charge in [0.25, 0.3) is 0 Å². The minimum Gasteiger partial charge on any atom is -0.368 e. The number of benzene rings is 1. The molecule has 0 radical (unpaired) electrons. The van der Waals surface area contributed by atoms with Gasteiger partial charge in [0.15, 0.2) is 5.82 Å². The molecule has 0 amide bonds. The van der Waals surface area contributed by atoms with Crippen molar-refractivity contribution in [3.8, 4) is 0 Å². The van der Waals surface area contributed by atoms with Crippen molar-refractivity contribution in [3.63, 3.8) is 0 Å². The van der Waals surface area contributed by atoms with Gasteiger partial charge in [-0.15, -0.1) is 12.4 Å². The Labute approximate surface area is 180 Å². The van der Waals surface area contributed by atoms with Crippen molar-refractivity contribution in [2.45, 2.75) is 29.5 Å². The van der Waals surface area contributed by atoms with Crippen LogP contribution in [0.25, 0.3) is 10.9 Å². The number of hydrogen-bond acceptors (Lipinski definition) is 4. The van der Waals surface area contributed by atoms with E-state index in [1.165, 1.54) is 25.7 Å². The van der Waals surface area contributed by atoms with E-state index in [-0.39, 0.29) is 18.2 Å². The Hall–Kier alpha value is -0.230. The van der Waals surface area contributed by atoms with Gasteiger partial charge < -0.3 is 10.2 Å². The molecule has 144 valence electrons. The lowest BCUT2D eigenvalue weighted by Gasteiger charge is -2.20. The van der Waals surface area contributed by atoms with Gasteiger partial charge in [-0.25, -0.2) is 9.97 Å². The molecule has 0 unspecified atom stereocenters. The molecule has 0 atom stereocenters. The summed E-state index contributed by atoms with van der Waals surface area (Å²) >= 11 is 24.0. The van der Waals surface area contributed by atoms with Crippen molar-refractivity contribution in [1.82, 2.24) is 14.9 Å². The number of aromatic nitrogens is 2. The molecule has 0 spiro atoms. The standard InChI is InChI=1S/C17H20Cl4N4.ClH/c18-12-5-6-13-14(11-12)23-16(17(19,20)21)24-15(13)22-7-10-25-8-3-1-2-4-9-25;/h5-6,11H,1-4,7-10H2,(H,22,23,24);1H. The second-order valence-electron chi connectivity index (χ2n) is 6.24. The zero-order valence-electron chi connectivity index (χ0n) is 14.2. The molecule has 1 aliphatic heterocycles. The smallest absolute Gasteiger partial charge is 0.250 e. The van der Waals surface area contributed by atoms with Crippen LogP contribution in [0.2, 0.25) is 5.02 Å². The molecule has 9 heteroatoms. The first kappa shape index (κ1) is 22.1. The maximum absolute atomic E-state index is 6.07. The molecule has 0 bridgehead atoms. The minimum absolute atomic E-state index is 0. The number of halogens is 5. The average Bonchev–Trinajstić information content (AvgIpc) is 2.82. The second-order valence-corrected chi connectivity index (χ2v) is 8.96. The van der Waals surface area contributed by atoms with Crippen LogP contribution >= 0.6 is 58.8 Å². The molecule has 1 N–H and O–H groups in total. The lowest BCUT2D eigenvalue weighted by atomic mass is 10.2. The van der Waals surface area contributed by atoms with Crippen molar-refractivity contribution in [2.24, 2.45) is 0 Å². The van der Waals surface area contributed by atoms with E-state index >= 15 is 0 Å². The van der Waals surface area contributed by atoms with Crippen molar-refractivity contribution >= 4 is 75.5 Å². The average molecular weight is 459 g/mol. The Balaban J connectivity index is 0.00000243. The first-order valence-corrected chi connectivity index (χ1v) is 9.95. The van der Waals surface area contributed by atoms with E-state index in [0.29, 0.717) is 16.4 Å². The highest BCUT2D eigenvalue weighted by molar-refractivity contribution is 6.66. The van der Waals surface area contributed by atoms with Crippen LogP contribution < -0.4 is 5.32 Å². The van der Waals surface area contributed by atoms with Gasteiger partial charge in [-0.2, -0.15) is 0 Å². The molecule has 2 heterocycles. The molecule has 1 aromatic carbocycles. The molecule has 1 aliphatic rings. The summed E-state index contributed by atoms with van der Waals surface area (Å²) in [5.41, 5.74) is 0.654. The van der Waals surface area contributed by atoms with Gasteiger partial charge in [-0.1, -0.05) is 59.2 Å². The third kappa shape index (κ3) is 5.88. The number of fused-ring (bicyclic) bond motifs is 1. The topological polar surface area (TPSA) is 41.0 Å². The Morgan fingerprint density at radius 1 is 1.04 bits per heavy atom. The van der Waals surface area contributed by atoms with Crippen molar-refractivity contribution < 1.29 is 0 Å². The van der Waals surface area contributed by atoms with Gasteiger partial charge in [0.1, 0.15) is 5.82 Å². The number of nitrogens with one attached hydrogen (secondary N) is 1. The summed E-state index contributed by atoms with van der Waals surface area (Å²) in [6.07, 6.45) is 5.19. The molecule has 0 aliphatic carbocycles. The molecule has 1 saturated heterocycles. The largest absolute Gasteiger partial charge is 0.368 e. The summed E-state index contributed by atoms with van der Waals surface area (Å²) in [7, 11) is 0. The molecule has 26 heavy (non-hydrogen) atoms. The van der Waals surface area contributed by atoms with Gasteiger partial charge in [0.05, 0.1) is 5.52 Å². The normalized spacial score (nSPS) is 16.2. The number of rotatable bonds is 4. The van der Waals surface area contributed by atoms with Crippen molar-refractivity contribution in [2.75, 3.05) is 31.5 Å². The van der Waals surface area contributed by atoms with E-state index < -0.39 is 3.79 Å². The Morgan fingerprint density at radius 3 is 2.38 bits per heavy atom. The number of hydrogen-bond donors (Lipinski definition) is 1. The summed E-state index contributed by atoms with van der Waals surface area (Å²) < 4.78 is -1.68. The Morgan fingerprint density at radius 2 is 1.73 bits per heavy atom. The fraction of sp³-hybridized carbons (Fsp3) is 0.529. The lowest BCUT2D eigenvalue weighted by Crippen LogP contribution is -2.30. The van der Waals surface area contributed by atoms with Crippen LogP contribution in [0.4, 0.5) is 5.82 Å². The highest BCUT2D eigenvalue weighted by Crippen LogP contribution is 2.37. The van der Waals surface area contributed by atoms with Gasteiger partial charge in [-0.3, -0.25) is 0 Å². The maximum Gasteiger partial charge on any atom is 0.250 e. The quantitative estimate of drug-likeness (QED) is 0.586. The fourth-order valence-electron chi connectivity index (χ4n) is 3.06. The zero-order valence-corrected chi connectivity index (χ0v) is 18.0. The number of nitrogens with zero attached hydrogens (tertiary/aromatic N) is 3. The van der Waals surface area contributed by atoms with Gasteiger partial charge in [0.2, 0.25) is 3.79 Å². The summed E-state index contributed by atoms with van der Waals surface area (Å²) in [6, 6.07) is 5.44. The van der Waals surface area contributed by atoms with Crippen LogP contribution in [-0.2, 0) is 3.79 Å². The summed E-state index contributed by atoms with van der Waals surface area (Å²) in [6.45, 7) is 4.04. The third-order valence-electron chi connectivity index (χ3n) is 4.33. The van der Waals surface area contributed by atoms with E-state index in [1.807, 2.05) is 12.1 Å². The highest BCUT2D eigenvalue weighted by atomic mass is 35.6. The summed E-state index contributed by atoms with van der Waals surface area (Å²) in [5.74, 6) is 0.808. The summed E-state index contributed by atoms with van der Waals surface area (Å²) in [5, 5.41) is 4.82. The van der Waals surface area contributed by atoms with E-state index in [1.54, 1.807) is 6.07 Å². The van der Waals surface area contributed by atoms with Crippen LogP contribution in [0.15, 0.2) is 18.2 Å². The van der Waals surface area contributed by atoms with E-state index in [2.05, 4.69) is 20.2 Å². The molecule has 1 fully saturated rings. The van der Waals surface area contributed by atoms with Gasteiger partial charge in [0, 0.05) is 23.5 Å². The maximum atomic E-state index is 6.07. The first-order valence-electron chi connectivity index (χ1n) is 8.44. The van der Waals surface area contributed by atoms with Crippen LogP contribution in [0.5, 0.6) is 0 Å². The van der Waals surface area contributed by atoms with Crippen LogP contribution in [0.1, 0.15) is 31.5 Å². The lowest BCUT2D eigenvalue weighted by molar-refractivity contribution is 0.296. The molecule has 1 aromatic heterocycles. The predicted octanol–water partition coefficient (Wildman–Crippen LogP) is 5.82. The predicted molar refractivity (Wildman–Crippen MR) is 114 cm³/mol. The second kappa shape index (κ2) is 9.81. The first-order chi connectivity index (χ1) is 11.9. The Bertz CT molecular complexity index is 727. The molecule has 3 rings (SSSR count). The number of anilines is 1. The van der Waals surface area contributed by atoms with Crippen LogP contribution in [-0.4, -0.2) is 41.0 Å². The number of likely N-dealkylation sites (tertiary alicyclic amines) is 1. The van der Waals surface area contributed by atoms with Gasteiger partial charge in [-0.05, 0) is 44.1 Å². The van der Waals surface area contributed by atoms with E-state index in [4.69, 9.17) is 46.4 Å². The minimum atomic E-state index is -1.68. The van der Waals surface area contributed by atoms with E-state index in [9.17, 15) is 0 Å². The molecule has 2 aromatic rings. The zero-order chi connectivity index (χ0) is 17.9. The molecular weight excluding hydrogens is 437 g/mol. The third-order valence-corrected chi connectivity index (χ3v) is 5.07. The van der Waals surface area contributed by atoms with Gasteiger partial charge >= 0.3 is 0 Å². The fourth-order valence-corrected chi connectivity index (χ4v) is 3.48. The van der Waals surface area contributed by atoms with Crippen LogP contribution in [0.3, 0.4) is 0 Å². The SMILES string of the molecule is Cl.Clc1ccc2c(NCCN3CCCCCC3)nc(C(Cl)(Cl)Cl)nc2c1. The number of alkyl halides is 3. The highest BCUT2D eigenvalue weighted by Gasteiger charge is 2.28. The molecular formula is C17H21Cl5N4. The summed E-state index contributed by atoms with van der Waals surface area (Å²) in [4.78, 5) is 11.2. The van der Waals surface area contributed by atoms with E-state index in [0.717, 1.165) is 31.6 Å². The Kier molecular flexibility index (Phi) is 8.33. The monoisotopic (exact) mass is 456 g/mol. The molecule has 4 nitrogen and oxygen atoms in total.